The zero-order valence-electron chi connectivity index (χ0n) is 13.2. The number of hydrogen-bond donors (Lipinski definition) is 0. The third-order valence-electron chi connectivity index (χ3n) is 4.51. The average molecular weight is 353 g/mol. The van der Waals surface area contributed by atoms with Crippen molar-refractivity contribution in [3.8, 4) is 0 Å². The van der Waals surface area contributed by atoms with Gasteiger partial charge in [-0.1, -0.05) is 11.6 Å². The molecule has 4 nitrogen and oxygen atoms in total. The molecule has 0 radical (unpaired) electrons. The summed E-state index contributed by atoms with van der Waals surface area (Å²) in [7, 11) is -1.24. The maximum Gasteiger partial charge on any atom is 0.179 e. The molecule has 3 rings (SSSR count). The number of sulfone groups is 1. The Morgan fingerprint density at radius 3 is 2.61 bits per heavy atom. The highest BCUT2D eigenvalue weighted by atomic mass is 35.5. The monoisotopic (exact) mass is 352 g/mol. The first-order valence-electron chi connectivity index (χ1n) is 7.81. The third kappa shape index (κ3) is 3.62. The summed E-state index contributed by atoms with van der Waals surface area (Å²) in [6, 6.07) is 10.9. The van der Waals surface area contributed by atoms with Crippen molar-refractivity contribution in [2.75, 3.05) is 18.8 Å². The lowest BCUT2D eigenvalue weighted by Gasteiger charge is -2.25. The Kier molecular flexibility index (Phi) is 4.80. The number of nitrogens with zero attached hydrogens (tertiary/aromatic N) is 2. The van der Waals surface area contributed by atoms with Crippen molar-refractivity contribution in [2.24, 2.45) is 7.05 Å². The number of aromatic nitrogens is 1. The van der Waals surface area contributed by atoms with Gasteiger partial charge in [0.05, 0.1) is 16.7 Å². The van der Waals surface area contributed by atoms with Crippen molar-refractivity contribution < 1.29 is 8.42 Å². The molecule has 1 atom stereocenters. The molecular weight excluding hydrogens is 332 g/mol. The molecule has 1 aliphatic rings. The molecule has 124 valence electrons. The Labute approximate surface area is 142 Å². The van der Waals surface area contributed by atoms with E-state index in [0.717, 1.165) is 19.4 Å². The van der Waals surface area contributed by atoms with E-state index >= 15 is 0 Å². The minimum absolute atomic E-state index is 0.134. The van der Waals surface area contributed by atoms with E-state index in [-0.39, 0.29) is 5.75 Å². The van der Waals surface area contributed by atoms with Gasteiger partial charge in [0, 0.05) is 30.5 Å². The summed E-state index contributed by atoms with van der Waals surface area (Å²) in [5, 5.41) is 0.548. The van der Waals surface area contributed by atoms with Crippen LogP contribution >= 0.6 is 11.6 Å². The standard InChI is InChI=1S/C17H21ClN2O2S/c1-19-10-2-4-16(19)17-5-3-11-20(17)12-13-23(21,22)15-8-6-14(18)7-9-15/h2,4,6-10,17H,3,5,11-13H2,1H3. The van der Waals surface area contributed by atoms with E-state index < -0.39 is 9.84 Å². The van der Waals surface area contributed by atoms with Crippen molar-refractivity contribution in [3.05, 3.63) is 53.3 Å². The van der Waals surface area contributed by atoms with Crippen LogP contribution in [-0.4, -0.2) is 36.7 Å². The molecule has 1 aliphatic heterocycles. The van der Waals surface area contributed by atoms with Gasteiger partial charge in [-0.3, -0.25) is 4.90 Å². The fourth-order valence-electron chi connectivity index (χ4n) is 3.25. The summed E-state index contributed by atoms with van der Waals surface area (Å²) in [5.41, 5.74) is 1.26. The zero-order valence-corrected chi connectivity index (χ0v) is 14.7. The third-order valence-corrected chi connectivity index (χ3v) is 6.47. The minimum atomic E-state index is -3.27. The number of benzene rings is 1. The molecule has 0 bridgehead atoms. The first-order valence-corrected chi connectivity index (χ1v) is 9.84. The number of hydrogen-bond acceptors (Lipinski definition) is 3. The minimum Gasteiger partial charge on any atom is -0.353 e. The first kappa shape index (κ1) is 16.6. The predicted molar refractivity (Wildman–Crippen MR) is 92.5 cm³/mol. The molecule has 1 saturated heterocycles. The van der Waals surface area contributed by atoms with Crippen molar-refractivity contribution in [3.63, 3.8) is 0 Å². The van der Waals surface area contributed by atoms with Crippen LogP contribution in [0.4, 0.5) is 0 Å². The molecule has 1 fully saturated rings. The van der Waals surface area contributed by atoms with Gasteiger partial charge >= 0.3 is 0 Å². The maximum absolute atomic E-state index is 12.5. The van der Waals surface area contributed by atoms with Crippen LogP contribution in [0.5, 0.6) is 0 Å². The van der Waals surface area contributed by atoms with Crippen LogP contribution in [0.1, 0.15) is 24.6 Å². The van der Waals surface area contributed by atoms with Gasteiger partial charge in [-0.2, -0.15) is 0 Å². The van der Waals surface area contributed by atoms with Gasteiger partial charge < -0.3 is 4.57 Å². The number of likely N-dealkylation sites (tertiary alicyclic amines) is 1. The lowest BCUT2D eigenvalue weighted by Crippen LogP contribution is -2.30. The molecule has 0 N–H and O–H groups in total. The highest BCUT2D eigenvalue weighted by Gasteiger charge is 2.28. The molecule has 2 heterocycles. The molecular formula is C17H21ClN2O2S. The summed E-state index contributed by atoms with van der Waals surface area (Å²) in [4.78, 5) is 2.62. The summed E-state index contributed by atoms with van der Waals surface area (Å²) < 4.78 is 27.1. The molecule has 0 spiro atoms. The number of halogens is 1. The molecule has 1 aromatic heterocycles. The van der Waals surface area contributed by atoms with Crippen LogP contribution in [0.15, 0.2) is 47.5 Å². The first-order chi connectivity index (χ1) is 11.0. The Bertz CT molecular complexity index is 768. The molecule has 0 saturated carbocycles. The van der Waals surface area contributed by atoms with E-state index in [0.29, 0.717) is 22.5 Å². The van der Waals surface area contributed by atoms with Crippen LogP contribution in [-0.2, 0) is 16.9 Å². The normalized spacial score (nSPS) is 19.3. The highest BCUT2D eigenvalue weighted by Crippen LogP contribution is 2.31. The van der Waals surface area contributed by atoms with Gasteiger partial charge in [-0.25, -0.2) is 8.42 Å². The summed E-state index contributed by atoms with van der Waals surface area (Å²) in [6.45, 7) is 1.51. The Morgan fingerprint density at radius 1 is 1.22 bits per heavy atom. The molecule has 0 aliphatic carbocycles. The fraction of sp³-hybridized carbons (Fsp3) is 0.412. The van der Waals surface area contributed by atoms with Crippen LogP contribution in [0.2, 0.25) is 5.02 Å². The quantitative estimate of drug-likeness (QED) is 0.829. The lowest BCUT2D eigenvalue weighted by atomic mass is 10.1. The van der Waals surface area contributed by atoms with Crippen molar-refractivity contribution in [2.45, 2.75) is 23.8 Å². The summed E-state index contributed by atoms with van der Waals surface area (Å²) in [5.74, 6) is 0.134. The molecule has 1 aromatic carbocycles. The molecule has 1 unspecified atom stereocenters. The lowest BCUT2D eigenvalue weighted by molar-refractivity contribution is 0.264. The largest absolute Gasteiger partial charge is 0.353 e. The van der Waals surface area contributed by atoms with Gasteiger partial charge in [-0.15, -0.1) is 0 Å². The second-order valence-corrected chi connectivity index (χ2v) is 8.56. The SMILES string of the molecule is Cn1cccc1C1CCCN1CCS(=O)(=O)c1ccc(Cl)cc1. The highest BCUT2D eigenvalue weighted by molar-refractivity contribution is 7.91. The van der Waals surface area contributed by atoms with Gasteiger partial charge in [0.25, 0.3) is 0 Å². The Balaban J connectivity index is 1.69. The average Bonchev–Trinajstić information content (AvgIpc) is 3.14. The van der Waals surface area contributed by atoms with Crippen molar-refractivity contribution in [1.82, 2.24) is 9.47 Å². The van der Waals surface area contributed by atoms with E-state index in [4.69, 9.17) is 11.6 Å². The van der Waals surface area contributed by atoms with Gasteiger partial charge in [0.2, 0.25) is 0 Å². The van der Waals surface area contributed by atoms with E-state index in [1.165, 1.54) is 5.69 Å². The topological polar surface area (TPSA) is 42.3 Å². The second-order valence-electron chi connectivity index (χ2n) is 6.01. The van der Waals surface area contributed by atoms with E-state index in [1.807, 2.05) is 19.3 Å². The van der Waals surface area contributed by atoms with Gasteiger partial charge in [-0.05, 0) is 55.8 Å². The molecule has 2 aromatic rings. The second kappa shape index (κ2) is 6.67. The zero-order chi connectivity index (χ0) is 16.4. The predicted octanol–water partition coefficient (Wildman–Crippen LogP) is 3.29. The molecule has 6 heteroatoms. The van der Waals surface area contributed by atoms with Crippen molar-refractivity contribution in [1.29, 1.82) is 0 Å². The summed E-state index contributed by atoms with van der Waals surface area (Å²) >= 11 is 5.83. The Hall–Kier alpha value is -1.30. The Morgan fingerprint density at radius 2 is 1.96 bits per heavy atom. The van der Waals surface area contributed by atoms with E-state index in [2.05, 4.69) is 15.5 Å². The number of aryl methyl sites for hydroxylation is 1. The van der Waals surface area contributed by atoms with E-state index in [9.17, 15) is 8.42 Å². The number of rotatable bonds is 5. The van der Waals surface area contributed by atoms with Crippen molar-refractivity contribution >= 4 is 21.4 Å². The van der Waals surface area contributed by atoms with Crippen LogP contribution in [0, 0.1) is 0 Å². The summed E-state index contributed by atoms with van der Waals surface area (Å²) in [6.07, 6.45) is 4.23. The maximum atomic E-state index is 12.5. The molecule has 0 amide bonds. The van der Waals surface area contributed by atoms with Crippen LogP contribution in [0.25, 0.3) is 0 Å². The smallest absolute Gasteiger partial charge is 0.179 e. The fourth-order valence-corrected chi connectivity index (χ4v) is 4.63. The van der Waals surface area contributed by atoms with Crippen LogP contribution < -0.4 is 0 Å². The van der Waals surface area contributed by atoms with E-state index in [1.54, 1.807) is 24.3 Å². The van der Waals surface area contributed by atoms with Crippen LogP contribution in [0.3, 0.4) is 0 Å². The van der Waals surface area contributed by atoms with Gasteiger partial charge in [0.15, 0.2) is 9.84 Å². The van der Waals surface area contributed by atoms with Gasteiger partial charge in [0.1, 0.15) is 0 Å². The molecule has 23 heavy (non-hydrogen) atoms.